The van der Waals surface area contributed by atoms with Gasteiger partial charge in [0.15, 0.2) is 0 Å². The third kappa shape index (κ3) is 3.36. The molecule has 1 aromatic heterocycles. The number of aldehydes is 1. The Balaban J connectivity index is 1.56. The number of rotatable bonds is 4. The van der Waals surface area contributed by atoms with Gasteiger partial charge in [0.25, 0.3) is 5.91 Å². The molecule has 0 bridgehead atoms. The molecule has 1 amide bonds. The first kappa shape index (κ1) is 18.5. The fraction of sp³-hybridized carbons (Fsp3) is 0.238. The van der Waals surface area contributed by atoms with Gasteiger partial charge in [-0.15, -0.1) is 0 Å². The summed E-state index contributed by atoms with van der Waals surface area (Å²) >= 11 is 6.08. The second-order valence-electron chi connectivity index (χ2n) is 6.75. The third-order valence-corrected chi connectivity index (χ3v) is 5.34. The molecular weight excluding hydrogens is 381 g/mol. The monoisotopic (exact) mass is 399 g/mol. The highest BCUT2D eigenvalue weighted by Gasteiger charge is 2.26. The maximum absolute atomic E-state index is 14.0. The normalized spacial score (nSPS) is 14.5. The van der Waals surface area contributed by atoms with Crippen LogP contribution in [-0.2, 0) is 11.3 Å². The molecule has 28 heavy (non-hydrogen) atoms. The molecule has 1 aliphatic heterocycles. The van der Waals surface area contributed by atoms with Crippen LogP contribution in [0.1, 0.15) is 10.4 Å². The number of carbonyl (C=O) groups is 2. The SMILES string of the molecule is O=CCn1cc(C(=O)N2CCN(c3ccccc3F)CC2)c2ccc(Cl)cc21. The molecule has 0 radical (unpaired) electrons. The Morgan fingerprint density at radius 2 is 1.86 bits per heavy atom. The average Bonchev–Trinajstić information content (AvgIpc) is 3.06. The van der Waals surface area contributed by atoms with E-state index in [4.69, 9.17) is 11.6 Å². The average molecular weight is 400 g/mol. The highest BCUT2D eigenvalue weighted by Crippen LogP contribution is 2.27. The lowest BCUT2D eigenvalue weighted by molar-refractivity contribution is -0.108. The zero-order valence-corrected chi connectivity index (χ0v) is 15.9. The highest BCUT2D eigenvalue weighted by molar-refractivity contribution is 6.31. The predicted molar refractivity (Wildman–Crippen MR) is 108 cm³/mol. The molecular formula is C21H19ClFN3O2. The van der Waals surface area contributed by atoms with Gasteiger partial charge in [-0.05, 0) is 24.3 Å². The molecule has 2 heterocycles. The zero-order chi connectivity index (χ0) is 19.7. The van der Waals surface area contributed by atoms with Gasteiger partial charge >= 0.3 is 0 Å². The van der Waals surface area contributed by atoms with Crippen LogP contribution < -0.4 is 4.90 Å². The molecule has 1 aliphatic rings. The summed E-state index contributed by atoms with van der Waals surface area (Å²) in [5.74, 6) is -0.346. The van der Waals surface area contributed by atoms with E-state index < -0.39 is 0 Å². The Morgan fingerprint density at radius 1 is 1.11 bits per heavy atom. The van der Waals surface area contributed by atoms with E-state index in [1.165, 1.54) is 6.07 Å². The fourth-order valence-electron chi connectivity index (χ4n) is 3.70. The summed E-state index contributed by atoms with van der Waals surface area (Å²) in [6.07, 6.45) is 2.50. The van der Waals surface area contributed by atoms with Crippen LogP contribution in [-0.4, -0.2) is 47.8 Å². The number of piperazine rings is 1. The molecule has 5 nitrogen and oxygen atoms in total. The molecule has 7 heteroatoms. The number of aromatic nitrogens is 1. The number of amides is 1. The molecule has 0 spiro atoms. The summed E-state index contributed by atoms with van der Waals surface area (Å²) in [5, 5.41) is 1.32. The van der Waals surface area contributed by atoms with Crippen molar-refractivity contribution in [3.05, 3.63) is 65.1 Å². The lowest BCUT2D eigenvalue weighted by Crippen LogP contribution is -2.49. The zero-order valence-electron chi connectivity index (χ0n) is 15.1. The first-order valence-electron chi connectivity index (χ1n) is 9.09. The van der Waals surface area contributed by atoms with Crippen LogP contribution >= 0.6 is 11.6 Å². The Kier molecular flexibility index (Phi) is 5.05. The number of nitrogens with zero attached hydrogens (tertiary/aromatic N) is 3. The van der Waals surface area contributed by atoms with Crippen molar-refractivity contribution in [1.29, 1.82) is 0 Å². The lowest BCUT2D eigenvalue weighted by atomic mass is 10.1. The Morgan fingerprint density at radius 3 is 2.57 bits per heavy atom. The van der Waals surface area contributed by atoms with E-state index in [2.05, 4.69) is 0 Å². The van der Waals surface area contributed by atoms with Crippen LogP contribution in [0.15, 0.2) is 48.7 Å². The molecule has 0 unspecified atom stereocenters. The lowest BCUT2D eigenvalue weighted by Gasteiger charge is -2.36. The van der Waals surface area contributed by atoms with Crippen LogP contribution in [0.3, 0.4) is 0 Å². The summed E-state index contributed by atoms with van der Waals surface area (Å²) in [7, 11) is 0. The van der Waals surface area contributed by atoms with Crippen molar-refractivity contribution in [1.82, 2.24) is 9.47 Å². The number of para-hydroxylation sites is 1. The Hall–Kier alpha value is -2.86. The largest absolute Gasteiger partial charge is 0.366 e. The van der Waals surface area contributed by atoms with Crippen molar-refractivity contribution in [2.24, 2.45) is 0 Å². The Labute approximate surface area is 166 Å². The van der Waals surface area contributed by atoms with Gasteiger partial charge in [0.1, 0.15) is 12.1 Å². The van der Waals surface area contributed by atoms with Crippen LogP contribution in [0.2, 0.25) is 5.02 Å². The third-order valence-electron chi connectivity index (χ3n) is 5.11. The number of halogens is 2. The molecule has 0 N–H and O–H groups in total. The number of hydrogen-bond donors (Lipinski definition) is 0. The maximum Gasteiger partial charge on any atom is 0.256 e. The van der Waals surface area contributed by atoms with Crippen molar-refractivity contribution in [3.8, 4) is 0 Å². The van der Waals surface area contributed by atoms with E-state index >= 15 is 0 Å². The number of benzene rings is 2. The molecule has 1 saturated heterocycles. The minimum atomic E-state index is -0.254. The van der Waals surface area contributed by atoms with Gasteiger partial charge in [0.2, 0.25) is 0 Å². The second-order valence-corrected chi connectivity index (χ2v) is 7.19. The number of anilines is 1. The van der Waals surface area contributed by atoms with Gasteiger partial charge in [0, 0.05) is 42.8 Å². The van der Waals surface area contributed by atoms with Crippen LogP contribution in [0.5, 0.6) is 0 Å². The molecule has 0 aliphatic carbocycles. The smallest absolute Gasteiger partial charge is 0.256 e. The van der Waals surface area contributed by atoms with E-state index in [0.29, 0.717) is 42.5 Å². The van der Waals surface area contributed by atoms with Gasteiger partial charge in [-0.1, -0.05) is 29.8 Å². The summed E-state index contributed by atoms with van der Waals surface area (Å²) in [6, 6.07) is 12.0. The molecule has 3 aromatic rings. The molecule has 1 fully saturated rings. The second kappa shape index (κ2) is 7.64. The van der Waals surface area contributed by atoms with E-state index in [1.807, 2.05) is 17.0 Å². The maximum atomic E-state index is 14.0. The quantitative estimate of drug-likeness (QED) is 0.630. The van der Waals surface area contributed by atoms with Crippen LogP contribution in [0.4, 0.5) is 10.1 Å². The molecule has 4 rings (SSSR count). The van der Waals surface area contributed by atoms with Gasteiger partial charge in [-0.2, -0.15) is 0 Å². The van der Waals surface area contributed by atoms with Crippen LogP contribution in [0.25, 0.3) is 10.9 Å². The van der Waals surface area contributed by atoms with Gasteiger partial charge in [-0.25, -0.2) is 4.39 Å². The van der Waals surface area contributed by atoms with E-state index in [1.54, 1.807) is 39.9 Å². The minimum Gasteiger partial charge on any atom is -0.366 e. The van der Waals surface area contributed by atoms with Crippen molar-refractivity contribution < 1.29 is 14.0 Å². The molecule has 0 saturated carbocycles. The molecule has 2 aromatic carbocycles. The summed E-state index contributed by atoms with van der Waals surface area (Å²) in [6.45, 7) is 2.28. The standard InChI is InChI=1S/C21H19ClFN3O2/c22-15-5-6-16-17(14-26(11-12-27)20(16)13-15)21(28)25-9-7-24(8-10-25)19-4-2-1-3-18(19)23/h1-6,12-14H,7-11H2. The number of hydrogen-bond acceptors (Lipinski definition) is 3. The van der Waals surface area contributed by atoms with Crippen molar-refractivity contribution in [2.75, 3.05) is 31.1 Å². The van der Waals surface area contributed by atoms with Gasteiger partial charge in [-0.3, -0.25) is 4.79 Å². The summed E-state index contributed by atoms with van der Waals surface area (Å²) in [5.41, 5.74) is 1.87. The van der Waals surface area contributed by atoms with Crippen molar-refractivity contribution >= 4 is 40.4 Å². The molecule has 144 valence electrons. The summed E-state index contributed by atoms with van der Waals surface area (Å²) < 4.78 is 15.7. The number of fused-ring (bicyclic) bond motifs is 1. The highest BCUT2D eigenvalue weighted by atomic mass is 35.5. The fourth-order valence-corrected chi connectivity index (χ4v) is 3.86. The van der Waals surface area contributed by atoms with E-state index in [-0.39, 0.29) is 18.3 Å². The van der Waals surface area contributed by atoms with Crippen LogP contribution in [0, 0.1) is 5.82 Å². The minimum absolute atomic E-state index is 0.0924. The topological polar surface area (TPSA) is 45.6 Å². The van der Waals surface area contributed by atoms with Gasteiger partial charge in [0.05, 0.1) is 23.3 Å². The predicted octanol–water partition coefficient (Wildman–Crippen LogP) is 3.60. The van der Waals surface area contributed by atoms with E-state index in [9.17, 15) is 14.0 Å². The molecule has 0 atom stereocenters. The van der Waals surface area contributed by atoms with Crippen molar-refractivity contribution in [2.45, 2.75) is 6.54 Å². The first-order chi connectivity index (χ1) is 13.6. The van der Waals surface area contributed by atoms with Crippen molar-refractivity contribution in [3.63, 3.8) is 0 Å². The summed E-state index contributed by atoms with van der Waals surface area (Å²) in [4.78, 5) is 27.8. The van der Waals surface area contributed by atoms with E-state index in [0.717, 1.165) is 17.2 Å². The Bertz CT molecular complexity index is 1040. The number of carbonyl (C=O) groups excluding carboxylic acids is 2. The van der Waals surface area contributed by atoms with Gasteiger partial charge < -0.3 is 19.2 Å². The first-order valence-corrected chi connectivity index (χ1v) is 9.47.